The summed E-state index contributed by atoms with van der Waals surface area (Å²) in [5.41, 5.74) is 5.59. The molecule has 1 heterocycles. The van der Waals surface area contributed by atoms with E-state index in [1.54, 1.807) is 0 Å². The fraction of sp³-hybridized carbons (Fsp3) is 0.167. The Morgan fingerprint density at radius 3 is 2.65 bits per heavy atom. The highest BCUT2D eigenvalue weighted by molar-refractivity contribution is 7.10. The number of halogens is 2. The van der Waals surface area contributed by atoms with E-state index in [0.717, 1.165) is 17.0 Å². The van der Waals surface area contributed by atoms with E-state index in [2.05, 4.69) is 0 Å². The van der Waals surface area contributed by atoms with Crippen molar-refractivity contribution in [3.05, 3.63) is 52.2 Å². The van der Waals surface area contributed by atoms with Crippen LogP contribution >= 0.6 is 11.3 Å². The molecular formula is C12H11F2NOS. The molecule has 0 radical (unpaired) electrons. The van der Waals surface area contributed by atoms with E-state index in [4.69, 9.17) is 10.5 Å². The fourth-order valence-electron chi connectivity index (χ4n) is 1.41. The zero-order valence-corrected chi connectivity index (χ0v) is 9.71. The molecule has 2 rings (SSSR count). The third-order valence-electron chi connectivity index (χ3n) is 2.24. The number of nitrogens with two attached hydrogens (primary N) is 1. The maximum atomic E-state index is 13.0. The summed E-state index contributed by atoms with van der Waals surface area (Å²) >= 11 is 1.51. The fourth-order valence-corrected chi connectivity index (χ4v) is 2.18. The molecule has 0 bridgehead atoms. The third-order valence-corrected chi connectivity index (χ3v) is 3.21. The van der Waals surface area contributed by atoms with Gasteiger partial charge in [0.15, 0.2) is 11.6 Å². The summed E-state index contributed by atoms with van der Waals surface area (Å²) in [5.74, 6) is -1.55. The van der Waals surface area contributed by atoms with Crippen LogP contribution < -0.4 is 10.5 Å². The van der Waals surface area contributed by atoms with E-state index in [-0.39, 0.29) is 18.4 Å². The molecule has 1 aromatic carbocycles. The van der Waals surface area contributed by atoms with Gasteiger partial charge in [0.2, 0.25) is 0 Å². The van der Waals surface area contributed by atoms with Gasteiger partial charge in [-0.2, -0.15) is 0 Å². The molecular weight excluding hydrogens is 244 g/mol. The lowest BCUT2D eigenvalue weighted by Crippen LogP contribution is -2.17. The number of rotatable bonds is 4. The molecule has 0 fully saturated rings. The lowest BCUT2D eigenvalue weighted by atomic mass is 10.2. The molecule has 0 spiro atoms. The topological polar surface area (TPSA) is 35.2 Å². The van der Waals surface area contributed by atoms with Gasteiger partial charge in [0, 0.05) is 17.5 Å². The Bertz CT molecular complexity index is 487. The van der Waals surface area contributed by atoms with Crippen molar-refractivity contribution in [3.8, 4) is 5.75 Å². The first-order valence-corrected chi connectivity index (χ1v) is 5.94. The van der Waals surface area contributed by atoms with Gasteiger partial charge in [-0.3, -0.25) is 0 Å². The van der Waals surface area contributed by atoms with E-state index in [1.165, 1.54) is 17.4 Å². The summed E-state index contributed by atoms with van der Waals surface area (Å²) in [6.45, 7) is 0.277. The molecule has 0 aliphatic carbocycles. The van der Waals surface area contributed by atoms with Crippen LogP contribution in [0.4, 0.5) is 8.78 Å². The van der Waals surface area contributed by atoms with Crippen LogP contribution in [0.1, 0.15) is 11.0 Å². The normalized spacial score (nSPS) is 12.4. The summed E-state index contributed by atoms with van der Waals surface area (Å²) in [6, 6.07) is 7.21. The van der Waals surface area contributed by atoms with Gasteiger partial charge in [-0.05, 0) is 23.6 Å². The quantitative estimate of drug-likeness (QED) is 0.911. The van der Waals surface area contributed by atoms with Crippen LogP contribution in [0.25, 0.3) is 0 Å². The maximum absolute atomic E-state index is 13.0. The van der Waals surface area contributed by atoms with Crippen LogP contribution in [0.2, 0.25) is 0 Å². The number of ether oxygens (including phenoxy) is 1. The SMILES string of the molecule is NCC(Oc1ccc(F)c(F)c1)c1cccs1. The van der Waals surface area contributed by atoms with Crippen molar-refractivity contribution >= 4 is 11.3 Å². The summed E-state index contributed by atoms with van der Waals surface area (Å²) in [5, 5.41) is 1.91. The molecule has 0 saturated heterocycles. The molecule has 1 unspecified atom stereocenters. The van der Waals surface area contributed by atoms with Crippen molar-refractivity contribution in [2.24, 2.45) is 5.73 Å². The predicted molar refractivity (Wildman–Crippen MR) is 63.1 cm³/mol. The molecule has 90 valence electrons. The Kier molecular flexibility index (Phi) is 3.71. The second kappa shape index (κ2) is 5.25. The number of hydrogen-bond acceptors (Lipinski definition) is 3. The number of benzene rings is 1. The Balaban J connectivity index is 2.16. The second-order valence-electron chi connectivity index (χ2n) is 3.43. The largest absolute Gasteiger partial charge is 0.483 e. The second-order valence-corrected chi connectivity index (χ2v) is 4.41. The highest BCUT2D eigenvalue weighted by Crippen LogP contribution is 2.25. The van der Waals surface area contributed by atoms with E-state index in [1.807, 2.05) is 17.5 Å². The first-order valence-electron chi connectivity index (χ1n) is 5.06. The molecule has 0 aliphatic heterocycles. The maximum Gasteiger partial charge on any atom is 0.162 e. The van der Waals surface area contributed by atoms with E-state index >= 15 is 0 Å². The number of hydrogen-bond donors (Lipinski definition) is 1. The van der Waals surface area contributed by atoms with Crippen molar-refractivity contribution in [2.45, 2.75) is 6.10 Å². The smallest absolute Gasteiger partial charge is 0.162 e. The van der Waals surface area contributed by atoms with Crippen LogP contribution in [0.3, 0.4) is 0 Å². The summed E-state index contributed by atoms with van der Waals surface area (Å²) in [7, 11) is 0. The van der Waals surface area contributed by atoms with Crippen molar-refractivity contribution in [3.63, 3.8) is 0 Å². The van der Waals surface area contributed by atoms with Gasteiger partial charge in [0.05, 0.1) is 0 Å². The average Bonchev–Trinajstić information content (AvgIpc) is 2.84. The summed E-state index contributed by atoms with van der Waals surface area (Å²) in [6.07, 6.45) is -0.333. The molecule has 1 aromatic heterocycles. The molecule has 0 aliphatic rings. The molecule has 1 atom stereocenters. The highest BCUT2D eigenvalue weighted by atomic mass is 32.1. The first-order chi connectivity index (χ1) is 8.20. The zero-order valence-electron chi connectivity index (χ0n) is 8.90. The van der Waals surface area contributed by atoms with Crippen molar-refractivity contribution < 1.29 is 13.5 Å². The molecule has 2 nitrogen and oxygen atoms in total. The van der Waals surface area contributed by atoms with Gasteiger partial charge < -0.3 is 10.5 Å². The van der Waals surface area contributed by atoms with Crippen molar-refractivity contribution in [1.29, 1.82) is 0 Å². The molecule has 0 amide bonds. The number of thiophene rings is 1. The minimum atomic E-state index is -0.926. The Labute approximate surface area is 102 Å². The van der Waals surface area contributed by atoms with Gasteiger partial charge in [-0.25, -0.2) is 8.78 Å². The first kappa shape index (κ1) is 12.0. The van der Waals surface area contributed by atoms with Gasteiger partial charge in [-0.1, -0.05) is 6.07 Å². The summed E-state index contributed by atoms with van der Waals surface area (Å²) in [4.78, 5) is 0.956. The van der Waals surface area contributed by atoms with Crippen LogP contribution in [-0.2, 0) is 0 Å². The minimum Gasteiger partial charge on any atom is -0.483 e. The van der Waals surface area contributed by atoms with E-state index in [9.17, 15) is 8.78 Å². The zero-order chi connectivity index (χ0) is 12.3. The van der Waals surface area contributed by atoms with Crippen molar-refractivity contribution in [2.75, 3.05) is 6.54 Å². The van der Waals surface area contributed by atoms with Gasteiger partial charge >= 0.3 is 0 Å². The van der Waals surface area contributed by atoms with Gasteiger partial charge in [0.1, 0.15) is 11.9 Å². The minimum absolute atomic E-state index is 0.271. The Morgan fingerprint density at radius 1 is 1.24 bits per heavy atom. The highest BCUT2D eigenvalue weighted by Gasteiger charge is 2.13. The van der Waals surface area contributed by atoms with E-state index < -0.39 is 11.6 Å². The van der Waals surface area contributed by atoms with Crippen LogP contribution in [0, 0.1) is 11.6 Å². The summed E-state index contributed by atoms with van der Waals surface area (Å²) < 4.78 is 31.3. The van der Waals surface area contributed by atoms with Crippen LogP contribution in [-0.4, -0.2) is 6.54 Å². The Morgan fingerprint density at radius 2 is 2.06 bits per heavy atom. The molecule has 17 heavy (non-hydrogen) atoms. The van der Waals surface area contributed by atoms with Crippen LogP contribution in [0.5, 0.6) is 5.75 Å². The van der Waals surface area contributed by atoms with Gasteiger partial charge in [0.25, 0.3) is 0 Å². The van der Waals surface area contributed by atoms with E-state index in [0.29, 0.717) is 0 Å². The van der Waals surface area contributed by atoms with Gasteiger partial charge in [-0.15, -0.1) is 11.3 Å². The third kappa shape index (κ3) is 2.81. The molecule has 5 heteroatoms. The Hall–Kier alpha value is -1.46. The average molecular weight is 255 g/mol. The lowest BCUT2D eigenvalue weighted by Gasteiger charge is -2.16. The molecule has 0 saturated carbocycles. The molecule has 2 N–H and O–H groups in total. The van der Waals surface area contributed by atoms with Crippen LogP contribution in [0.15, 0.2) is 35.7 Å². The van der Waals surface area contributed by atoms with Crippen molar-refractivity contribution in [1.82, 2.24) is 0 Å². The standard InChI is InChI=1S/C12H11F2NOS/c13-9-4-3-8(6-10(9)14)16-11(7-15)12-2-1-5-17-12/h1-6,11H,7,15H2. The monoisotopic (exact) mass is 255 g/mol. The predicted octanol–water partition coefficient (Wildman–Crippen LogP) is 3.11. The lowest BCUT2D eigenvalue weighted by molar-refractivity contribution is 0.216. The molecule has 2 aromatic rings.